The van der Waals surface area contributed by atoms with E-state index in [0.29, 0.717) is 23.0 Å². The second-order valence-corrected chi connectivity index (χ2v) is 5.80. The normalized spacial score (nSPS) is 11.8. The maximum atomic E-state index is 12.0. The van der Waals surface area contributed by atoms with Gasteiger partial charge in [-0.15, -0.1) is 0 Å². The van der Waals surface area contributed by atoms with Gasteiger partial charge in [0.15, 0.2) is 14.9 Å². The molecule has 0 fully saturated rings. The van der Waals surface area contributed by atoms with E-state index in [9.17, 15) is 8.42 Å². The van der Waals surface area contributed by atoms with E-state index >= 15 is 0 Å². The number of sulfone groups is 1. The molecule has 90 valence electrons. The summed E-state index contributed by atoms with van der Waals surface area (Å²) < 4.78 is 24.1. The molecule has 0 saturated heterocycles. The van der Waals surface area contributed by atoms with Crippen molar-refractivity contribution in [3.05, 3.63) is 24.5 Å². The van der Waals surface area contributed by atoms with Crippen LogP contribution < -0.4 is 5.73 Å². The molecule has 1 aromatic heterocycles. The van der Waals surface area contributed by atoms with Gasteiger partial charge in [0.2, 0.25) is 0 Å². The second kappa shape index (κ2) is 4.29. The quantitative estimate of drug-likeness (QED) is 0.658. The van der Waals surface area contributed by atoms with E-state index in [1.54, 1.807) is 18.2 Å². The third kappa shape index (κ3) is 2.21. The van der Waals surface area contributed by atoms with Crippen LogP contribution in [-0.4, -0.2) is 24.1 Å². The first-order valence-corrected chi connectivity index (χ1v) is 6.93. The molecule has 0 spiro atoms. The molecule has 1 heterocycles. The van der Waals surface area contributed by atoms with Crippen molar-refractivity contribution in [2.75, 3.05) is 11.5 Å². The second-order valence-electron chi connectivity index (χ2n) is 3.77. The Balaban J connectivity index is 2.74. The van der Waals surface area contributed by atoms with Crippen LogP contribution >= 0.6 is 0 Å². The Bertz CT molecular complexity index is 653. The Morgan fingerprint density at radius 1 is 1.29 bits per heavy atom. The zero-order valence-electron chi connectivity index (χ0n) is 9.42. The fourth-order valence-electron chi connectivity index (χ4n) is 1.66. The Kier molecular flexibility index (Phi) is 2.97. The molecule has 0 amide bonds. The molecule has 1 aromatic carbocycles. The topological polar surface area (TPSA) is 85.9 Å². The molecule has 0 unspecified atom stereocenters. The van der Waals surface area contributed by atoms with Gasteiger partial charge >= 0.3 is 0 Å². The van der Waals surface area contributed by atoms with Gasteiger partial charge in [-0.1, -0.05) is 6.92 Å². The number of nitrogens with zero attached hydrogens (tertiary/aromatic N) is 2. The monoisotopic (exact) mass is 251 g/mol. The Morgan fingerprint density at radius 3 is 2.76 bits per heavy atom. The lowest BCUT2D eigenvalue weighted by Crippen LogP contribution is -2.09. The number of hydrogen-bond donors (Lipinski definition) is 1. The van der Waals surface area contributed by atoms with Crippen molar-refractivity contribution in [2.45, 2.75) is 18.4 Å². The summed E-state index contributed by atoms with van der Waals surface area (Å²) in [5, 5.41) is 0.553. The number of rotatable bonds is 3. The minimum atomic E-state index is -3.36. The molecule has 0 aliphatic heterocycles. The zero-order chi connectivity index (χ0) is 12.5. The van der Waals surface area contributed by atoms with Crippen LogP contribution in [0.2, 0.25) is 0 Å². The van der Waals surface area contributed by atoms with Crippen LogP contribution in [0.25, 0.3) is 10.9 Å². The van der Waals surface area contributed by atoms with Crippen molar-refractivity contribution in [3.8, 4) is 0 Å². The van der Waals surface area contributed by atoms with Crippen molar-refractivity contribution in [2.24, 2.45) is 0 Å². The Labute approximate surface area is 99.6 Å². The molecule has 0 atom stereocenters. The minimum absolute atomic E-state index is 0.0663. The predicted molar refractivity (Wildman–Crippen MR) is 66.3 cm³/mol. The number of nitrogens with two attached hydrogens (primary N) is 1. The van der Waals surface area contributed by atoms with Crippen LogP contribution in [0.1, 0.15) is 13.3 Å². The van der Waals surface area contributed by atoms with Gasteiger partial charge in [0, 0.05) is 11.1 Å². The summed E-state index contributed by atoms with van der Waals surface area (Å²) in [6.07, 6.45) is 1.82. The van der Waals surface area contributed by atoms with Crippen molar-refractivity contribution in [1.82, 2.24) is 9.97 Å². The molecule has 2 N–H and O–H groups in total. The van der Waals surface area contributed by atoms with Crippen LogP contribution in [0, 0.1) is 0 Å². The van der Waals surface area contributed by atoms with Crippen molar-refractivity contribution in [3.63, 3.8) is 0 Å². The van der Waals surface area contributed by atoms with Crippen LogP contribution in [0.4, 0.5) is 5.69 Å². The van der Waals surface area contributed by atoms with Gasteiger partial charge in [0.1, 0.15) is 6.33 Å². The number of aromatic nitrogens is 2. The summed E-state index contributed by atoms with van der Waals surface area (Å²) >= 11 is 0. The standard InChI is InChI=1S/C11H13N3O2S/c1-2-5-17(15,16)11-9-6-8(12)3-4-10(9)13-7-14-11/h3-4,6-7H,2,5,12H2,1H3. The molecule has 0 aliphatic carbocycles. The Hall–Kier alpha value is -1.69. The van der Waals surface area contributed by atoms with Gasteiger partial charge in [0.25, 0.3) is 0 Å². The fourth-order valence-corrected chi connectivity index (χ4v) is 3.10. The molecular formula is C11H13N3O2S. The van der Waals surface area contributed by atoms with Gasteiger partial charge in [0.05, 0.1) is 11.3 Å². The summed E-state index contributed by atoms with van der Waals surface area (Å²) in [5.41, 5.74) is 6.75. The first-order valence-electron chi connectivity index (χ1n) is 5.27. The number of anilines is 1. The van der Waals surface area contributed by atoms with E-state index in [1.807, 2.05) is 6.92 Å². The highest BCUT2D eigenvalue weighted by Gasteiger charge is 2.18. The molecule has 0 radical (unpaired) electrons. The smallest absolute Gasteiger partial charge is 0.196 e. The molecule has 6 heteroatoms. The van der Waals surface area contributed by atoms with E-state index in [4.69, 9.17) is 5.73 Å². The molecule has 2 rings (SSSR count). The lowest BCUT2D eigenvalue weighted by atomic mass is 10.2. The summed E-state index contributed by atoms with van der Waals surface area (Å²) in [6, 6.07) is 4.97. The third-order valence-corrected chi connectivity index (χ3v) is 4.25. The van der Waals surface area contributed by atoms with E-state index in [0.717, 1.165) is 0 Å². The highest BCUT2D eigenvalue weighted by atomic mass is 32.2. The molecule has 2 aromatic rings. The van der Waals surface area contributed by atoms with E-state index in [2.05, 4.69) is 9.97 Å². The lowest BCUT2D eigenvalue weighted by molar-refractivity contribution is 0.592. The summed E-state index contributed by atoms with van der Waals surface area (Å²) in [7, 11) is -3.36. The van der Waals surface area contributed by atoms with Crippen molar-refractivity contribution in [1.29, 1.82) is 0 Å². The van der Waals surface area contributed by atoms with Crippen LogP contribution in [-0.2, 0) is 9.84 Å². The van der Waals surface area contributed by atoms with Gasteiger partial charge in [-0.25, -0.2) is 18.4 Å². The number of hydrogen-bond acceptors (Lipinski definition) is 5. The average Bonchev–Trinajstić information content (AvgIpc) is 2.28. The third-order valence-electron chi connectivity index (χ3n) is 2.39. The minimum Gasteiger partial charge on any atom is -0.399 e. The van der Waals surface area contributed by atoms with Crippen LogP contribution in [0.5, 0.6) is 0 Å². The number of benzene rings is 1. The first-order chi connectivity index (χ1) is 8.04. The van der Waals surface area contributed by atoms with Gasteiger partial charge < -0.3 is 5.73 Å². The average molecular weight is 251 g/mol. The Morgan fingerprint density at radius 2 is 2.06 bits per heavy atom. The SMILES string of the molecule is CCCS(=O)(=O)c1ncnc2ccc(N)cc12. The van der Waals surface area contributed by atoms with Crippen molar-refractivity contribution < 1.29 is 8.42 Å². The maximum absolute atomic E-state index is 12.0. The van der Waals surface area contributed by atoms with Gasteiger partial charge in [-0.05, 0) is 24.6 Å². The van der Waals surface area contributed by atoms with Gasteiger partial charge in [-0.3, -0.25) is 0 Å². The molecule has 0 aliphatic rings. The van der Waals surface area contributed by atoms with Gasteiger partial charge in [-0.2, -0.15) is 0 Å². The van der Waals surface area contributed by atoms with E-state index in [1.165, 1.54) is 6.33 Å². The number of fused-ring (bicyclic) bond motifs is 1. The molecular weight excluding hydrogens is 238 g/mol. The summed E-state index contributed by atoms with van der Waals surface area (Å²) in [5.74, 6) is 0.0773. The molecule has 17 heavy (non-hydrogen) atoms. The number of nitrogen functional groups attached to an aromatic ring is 1. The molecule has 5 nitrogen and oxygen atoms in total. The van der Waals surface area contributed by atoms with E-state index in [-0.39, 0.29) is 10.8 Å². The molecule has 0 bridgehead atoms. The highest BCUT2D eigenvalue weighted by molar-refractivity contribution is 7.91. The van der Waals surface area contributed by atoms with Crippen LogP contribution in [0.3, 0.4) is 0 Å². The highest BCUT2D eigenvalue weighted by Crippen LogP contribution is 2.22. The molecule has 0 saturated carbocycles. The largest absolute Gasteiger partial charge is 0.399 e. The fraction of sp³-hybridized carbons (Fsp3) is 0.273. The maximum Gasteiger partial charge on any atom is 0.196 e. The lowest BCUT2D eigenvalue weighted by Gasteiger charge is -2.06. The summed E-state index contributed by atoms with van der Waals surface area (Å²) in [6.45, 7) is 1.81. The summed E-state index contributed by atoms with van der Waals surface area (Å²) in [4.78, 5) is 7.91. The predicted octanol–water partition coefficient (Wildman–Crippen LogP) is 1.40. The van der Waals surface area contributed by atoms with Crippen LogP contribution in [0.15, 0.2) is 29.6 Å². The van der Waals surface area contributed by atoms with E-state index < -0.39 is 9.84 Å². The van der Waals surface area contributed by atoms with Crippen molar-refractivity contribution >= 4 is 26.4 Å². The first kappa shape index (κ1) is 11.8. The zero-order valence-corrected chi connectivity index (χ0v) is 10.2.